The molecule has 2 rings (SSSR count). The van der Waals surface area contributed by atoms with Crippen LogP contribution in [0, 0.1) is 0 Å². The molecule has 0 atom stereocenters. The van der Waals surface area contributed by atoms with Gasteiger partial charge < -0.3 is 0 Å². The molecule has 0 spiro atoms. The van der Waals surface area contributed by atoms with Crippen LogP contribution < -0.4 is 0 Å². The van der Waals surface area contributed by atoms with E-state index in [1.807, 2.05) is 48.6 Å². The molecule has 0 unspecified atom stereocenters. The van der Waals surface area contributed by atoms with Gasteiger partial charge in [0.15, 0.2) is 0 Å². The standard InChI is InChI=1S/C15H13N/c1-2-13-7-3-4-8-14(13)10-11-15-9-5-6-12-16-15/h2-12H,1H2/b11-10+. The van der Waals surface area contributed by atoms with Gasteiger partial charge in [-0.15, -0.1) is 0 Å². The molecule has 2 aromatic rings. The second-order valence-electron chi connectivity index (χ2n) is 3.42. The summed E-state index contributed by atoms with van der Waals surface area (Å²) in [5.41, 5.74) is 3.25. The van der Waals surface area contributed by atoms with Gasteiger partial charge in [-0.2, -0.15) is 0 Å². The monoisotopic (exact) mass is 207 g/mol. The van der Waals surface area contributed by atoms with E-state index in [1.165, 1.54) is 0 Å². The summed E-state index contributed by atoms with van der Waals surface area (Å²) in [6, 6.07) is 14.0. The summed E-state index contributed by atoms with van der Waals surface area (Å²) in [7, 11) is 0. The van der Waals surface area contributed by atoms with Crippen molar-refractivity contribution in [1.29, 1.82) is 0 Å². The first-order chi connectivity index (χ1) is 7.90. The molecule has 78 valence electrons. The van der Waals surface area contributed by atoms with E-state index in [9.17, 15) is 0 Å². The van der Waals surface area contributed by atoms with Gasteiger partial charge in [-0.05, 0) is 29.3 Å². The molecule has 1 aromatic carbocycles. The first kappa shape index (κ1) is 10.4. The lowest BCUT2D eigenvalue weighted by atomic mass is 10.1. The second-order valence-corrected chi connectivity index (χ2v) is 3.42. The summed E-state index contributed by atoms with van der Waals surface area (Å²) < 4.78 is 0. The molecule has 0 amide bonds. The normalized spacial score (nSPS) is 10.5. The molecule has 1 heterocycles. The van der Waals surface area contributed by atoms with Gasteiger partial charge in [0.2, 0.25) is 0 Å². The number of pyridine rings is 1. The van der Waals surface area contributed by atoms with Crippen molar-refractivity contribution in [2.24, 2.45) is 0 Å². The molecule has 1 aromatic heterocycles. The van der Waals surface area contributed by atoms with E-state index in [0.717, 1.165) is 16.8 Å². The van der Waals surface area contributed by atoms with Crippen LogP contribution in [0.5, 0.6) is 0 Å². The topological polar surface area (TPSA) is 12.9 Å². The fraction of sp³-hybridized carbons (Fsp3) is 0. The lowest BCUT2D eigenvalue weighted by molar-refractivity contribution is 1.30. The minimum atomic E-state index is 0.960. The zero-order valence-electron chi connectivity index (χ0n) is 9.01. The average molecular weight is 207 g/mol. The lowest BCUT2D eigenvalue weighted by Crippen LogP contribution is -1.80. The Morgan fingerprint density at radius 1 is 0.875 bits per heavy atom. The van der Waals surface area contributed by atoms with Crippen LogP contribution in [0.4, 0.5) is 0 Å². The van der Waals surface area contributed by atoms with Gasteiger partial charge in [0.25, 0.3) is 0 Å². The van der Waals surface area contributed by atoms with Crippen LogP contribution in [-0.2, 0) is 0 Å². The maximum Gasteiger partial charge on any atom is 0.0629 e. The van der Waals surface area contributed by atoms with Gasteiger partial charge in [0.05, 0.1) is 5.69 Å². The Kier molecular flexibility index (Phi) is 3.29. The Morgan fingerprint density at radius 3 is 2.31 bits per heavy atom. The van der Waals surface area contributed by atoms with Crippen LogP contribution in [0.3, 0.4) is 0 Å². The highest BCUT2D eigenvalue weighted by Crippen LogP contribution is 2.13. The van der Waals surface area contributed by atoms with Crippen LogP contribution in [0.25, 0.3) is 18.2 Å². The first-order valence-corrected chi connectivity index (χ1v) is 5.21. The third-order valence-electron chi connectivity index (χ3n) is 2.34. The molecule has 0 aliphatic heterocycles. The van der Waals surface area contributed by atoms with Gasteiger partial charge in [-0.25, -0.2) is 0 Å². The summed E-state index contributed by atoms with van der Waals surface area (Å²) in [5.74, 6) is 0. The highest BCUT2D eigenvalue weighted by atomic mass is 14.6. The SMILES string of the molecule is C=Cc1ccccc1/C=C/c1ccccn1. The van der Waals surface area contributed by atoms with E-state index >= 15 is 0 Å². The number of aromatic nitrogens is 1. The molecule has 0 saturated carbocycles. The molecule has 16 heavy (non-hydrogen) atoms. The van der Waals surface area contributed by atoms with Crippen molar-refractivity contribution in [1.82, 2.24) is 4.98 Å². The van der Waals surface area contributed by atoms with Crippen LogP contribution >= 0.6 is 0 Å². The third kappa shape index (κ3) is 2.45. The average Bonchev–Trinajstić information content (AvgIpc) is 2.38. The van der Waals surface area contributed by atoms with Gasteiger partial charge >= 0.3 is 0 Å². The lowest BCUT2D eigenvalue weighted by Gasteiger charge is -1.99. The van der Waals surface area contributed by atoms with Gasteiger partial charge in [0.1, 0.15) is 0 Å². The summed E-state index contributed by atoms with van der Waals surface area (Å²) in [6.45, 7) is 3.80. The van der Waals surface area contributed by atoms with Crippen molar-refractivity contribution >= 4 is 18.2 Å². The molecule has 0 fully saturated rings. The van der Waals surface area contributed by atoms with Crippen molar-refractivity contribution in [2.45, 2.75) is 0 Å². The highest BCUT2D eigenvalue weighted by molar-refractivity contribution is 5.73. The number of rotatable bonds is 3. The van der Waals surface area contributed by atoms with E-state index in [2.05, 4.69) is 23.7 Å². The molecule has 0 aliphatic carbocycles. The molecule has 1 nitrogen and oxygen atoms in total. The van der Waals surface area contributed by atoms with Gasteiger partial charge in [0, 0.05) is 6.20 Å². The van der Waals surface area contributed by atoms with E-state index in [-0.39, 0.29) is 0 Å². The van der Waals surface area contributed by atoms with Crippen LogP contribution in [0.15, 0.2) is 55.2 Å². The number of hydrogen-bond acceptors (Lipinski definition) is 1. The van der Waals surface area contributed by atoms with Gasteiger partial charge in [-0.3, -0.25) is 4.98 Å². The van der Waals surface area contributed by atoms with E-state index in [4.69, 9.17) is 0 Å². The second kappa shape index (κ2) is 5.08. The third-order valence-corrected chi connectivity index (χ3v) is 2.34. The molecule has 0 aliphatic rings. The Bertz CT molecular complexity index is 498. The number of benzene rings is 1. The Morgan fingerprint density at radius 2 is 1.62 bits per heavy atom. The minimum Gasteiger partial charge on any atom is -0.257 e. The highest BCUT2D eigenvalue weighted by Gasteiger charge is 1.93. The molecule has 0 bridgehead atoms. The van der Waals surface area contributed by atoms with Crippen LogP contribution in [0.1, 0.15) is 16.8 Å². The van der Waals surface area contributed by atoms with Crippen molar-refractivity contribution < 1.29 is 0 Å². The molecule has 1 heteroatoms. The van der Waals surface area contributed by atoms with Crippen molar-refractivity contribution in [3.8, 4) is 0 Å². The molecule has 0 saturated heterocycles. The predicted octanol–water partition coefficient (Wildman–Crippen LogP) is 3.90. The predicted molar refractivity (Wildman–Crippen MR) is 69.7 cm³/mol. The fourth-order valence-corrected chi connectivity index (χ4v) is 1.50. The van der Waals surface area contributed by atoms with Crippen molar-refractivity contribution in [3.63, 3.8) is 0 Å². The summed E-state index contributed by atoms with van der Waals surface area (Å²) in [5, 5.41) is 0. The summed E-state index contributed by atoms with van der Waals surface area (Å²) >= 11 is 0. The Balaban J connectivity index is 2.27. The van der Waals surface area contributed by atoms with E-state index in [0.29, 0.717) is 0 Å². The van der Waals surface area contributed by atoms with E-state index in [1.54, 1.807) is 6.20 Å². The quantitative estimate of drug-likeness (QED) is 0.744. The summed E-state index contributed by atoms with van der Waals surface area (Å²) in [4.78, 5) is 4.24. The van der Waals surface area contributed by atoms with Crippen molar-refractivity contribution in [3.05, 3.63) is 72.1 Å². The first-order valence-electron chi connectivity index (χ1n) is 5.21. The molecule has 0 N–H and O–H groups in total. The zero-order valence-corrected chi connectivity index (χ0v) is 9.01. The maximum absolute atomic E-state index is 4.24. The van der Waals surface area contributed by atoms with Crippen LogP contribution in [-0.4, -0.2) is 4.98 Å². The van der Waals surface area contributed by atoms with Crippen molar-refractivity contribution in [2.75, 3.05) is 0 Å². The Labute approximate surface area is 95.8 Å². The van der Waals surface area contributed by atoms with E-state index < -0.39 is 0 Å². The van der Waals surface area contributed by atoms with Crippen LogP contribution in [0.2, 0.25) is 0 Å². The number of hydrogen-bond donors (Lipinski definition) is 0. The smallest absolute Gasteiger partial charge is 0.0629 e. The Hall–Kier alpha value is -2.15. The zero-order chi connectivity index (χ0) is 11.2. The largest absolute Gasteiger partial charge is 0.257 e. The molecular formula is C15H13N. The van der Waals surface area contributed by atoms with Gasteiger partial charge in [-0.1, -0.05) is 49.1 Å². The number of nitrogens with zero attached hydrogens (tertiary/aromatic N) is 1. The molecular weight excluding hydrogens is 194 g/mol. The maximum atomic E-state index is 4.24. The summed E-state index contributed by atoms with van der Waals surface area (Å²) in [6.07, 6.45) is 7.71. The molecule has 0 radical (unpaired) electrons. The fourth-order valence-electron chi connectivity index (χ4n) is 1.50. The minimum absolute atomic E-state index is 0.960.